The average molecular weight is 281 g/mol. The van der Waals surface area contributed by atoms with Crippen LogP contribution in [0.3, 0.4) is 0 Å². The molecule has 1 aliphatic rings. The standard InChI is InChI=1S/C16H24FNO2/c1-4-18-15(13-7-8-20-11(13)2)10-12-5-6-16(19-3)14(17)9-12/h5-6,9,11,13,15,18H,4,7-8,10H2,1-3H3. The van der Waals surface area contributed by atoms with E-state index in [0.29, 0.717) is 17.7 Å². The van der Waals surface area contributed by atoms with Crippen LogP contribution in [-0.2, 0) is 11.2 Å². The van der Waals surface area contributed by atoms with Gasteiger partial charge in [0, 0.05) is 18.6 Å². The summed E-state index contributed by atoms with van der Waals surface area (Å²) in [6.45, 7) is 5.95. The zero-order chi connectivity index (χ0) is 14.5. The highest BCUT2D eigenvalue weighted by molar-refractivity contribution is 5.29. The van der Waals surface area contributed by atoms with Crippen molar-refractivity contribution in [1.29, 1.82) is 0 Å². The Morgan fingerprint density at radius 1 is 1.50 bits per heavy atom. The molecule has 20 heavy (non-hydrogen) atoms. The first kappa shape index (κ1) is 15.3. The average Bonchev–Trinajstić information content (AvgIpc) is 2.85. The molecule has 1 N–H and O–H groups in total. The van der Waals surface area contributed by atoms with E-state index in [1.807, 2.05) is 6.07 Å². The fraction of sp³-hybridized carbons (Fsp3) is 0.625. The molecule has 1 saturated heterocycles. The zero-order valence-electron chi connectivity index (χ0n) is 12.5. The number of likely N-dealkylation sites (N-methyl/N-ethyl adjacent to an activating group) is 1. The Morgan fingerprint density at radius 2 is 2.30 bits per heavy atom. The van der Waals surface area contributed by atoms with Crippen LogP contribution < -0.4 is 10.1 Å². The molecule has 0 aliphatic carbocycles. The van der Waals surface area contributed by atoms with Crippen molar-refractivity contribution in [3.63, 3.8) is 0 Å². The Hall–Kier alpha value is -1.13. The van der Waals surface area contributed by atoms with Gasteiger partial charge >= 0.3 is 0 Å². The SMILES string of the molecule is CCNC(Cc1ccc(OC)c(F)c1)C1CCOC1C. The summed E-state index contributed by atoms with van der Waals surface area (Å²) in [6, 6.07) is 5.53. The highest BCUT2D eigenvalue weighted by Crippen LogP contribution is 2.27. The third kappa shape index (κ3) is 3.49. The smallest absolute Gasteiger partial charge is 0.165 e. The minimum Gasteiger partial charge on any atom is -0.494 e. The molecule has 112 valence electrons. The summed E-state index contributed by atoms with van der Waals surface area (Å²) in [5.41, 5.74) is 0.994. The molecule has 0 spiro atoms. The van der Waals surface area contributed by atoms with Crippen molar-refractivity contribution in [2.24, 2.45) is 5.92 Å². The molecule has 0 bridgehead atoms. The van der Waals surface area contributed by atoms with E-state index >= 15 is 0 Å². The maximum atomic E-state index is 13.8. The largest absolute Gasteiger partial charge is 0.494 e. The van der Waals surface area contributed by atoms with Gasteiger partial charge in [0.15, 0.2) is 11.6 Å². The summed E-state index contributed by atoms with van der Waals surface area (Å²) in [4.78, 5) is 0. The van der Waals surface area contributed by atoms with Gasteiger partial charge in [-0.1, -0.05) is 13.0 Å². The van der Waals surface area contributed by atoms with Gasteiger partial charge < -0.3 is 14.8 Å². The van der Waals surface area contributed by atoms with Gasteiger partial charge in [0.1, 0.15) is 0 Å². The monoisotopic (exact) mass is 281 g/mol. The first-order chi connectivity index (χ1) is 9.65. The van der Waals surface area contributed by atoms with Crippen LogP contribution in [-0.4, -0.2) is 32.4 Å². The molecule has 1 aromatic carbocycles. The third-order valence-electron chi connectivity index (χ3n) is 4.09. The van der Waals surface area contributed by atoms with Crippen LogP contribution in [0.15, 0.2) is 18.2 Å². The molecule has 1 aliphatic heterocycles. The minimum absolute atomic E-state index is 0.266. The zero-order valence-corrected chi connectivity index (χ0v) is 12.5. The fourth-order valence-corrected chi connectivity index (χ4v) is 3.00. The van der Waals surface area contributed by atoms with E-state index in [9.17, 15) is 4.39 Å². The summed E-state index contributed by atoms with van der Waals surface area (Å²) in [5.74, 6) is 0.488. The number of benzene rings is 1. The Bertz CT molecular complexity index is 438. The van der Waals surface area contributed by atoms with Crippen molar-refractivity contribution in [3.05, 3.63) is 29.6 Å². The molecule has 0 saturated carbocycles. The number of hydrogen-bond acceptors (Lipinski definition) is 3. The van der Waals surface area contributed by atoms with Crippen molar-refractivity contribution in [2.45, 2.75) is 38.8 Å². The van der Waals surface area contributed by atoms with E-state index in [0.717, 1.165) is 31.6 Å². The normalized spacial score (nSPS) is 23.8. The first-order valence-corrected chi connectivity index (χ1v) is 7.33. The van der Waals surface area contributed by atoms with Gasteiger partial charge in [0.2, 0.25) is 0 Å². The Kier molecular flexibility index (Phi) is 5.38. The van der Waals surface area contributed by atoms with Gasteiger partial charge in [-0.3, -0.25) is 0 Å². The predicted molar refractivity (Wildman–Crippen MR) is 77.6 cm³/mol. The van der Waals surface area contributed by atoms with Crippen LogP contribution in [0.1, 0.15) is 25.8 Å². The number of halogens is 1. The summed E-state index contributed by atoms with van der Waals surface area (Å²) in [7, 11) is 1.48. The molecule has 3 nitrogen and oxygen atoms in total. The number of hydrogen-bond donors (Lipinski definition) is 1. The van der Waals surface area contributed by atoms with Crippen LogP contribution in [0.5, 0.6) is 5.75 Å². The predicted octanol–water partition coefficient (Wildman–Crippen LogP) is 2.78. The summed E-state index contributed by atoms with van der Waals surface area (Å²) >= 11 is 0. The van der Waals surface area contributed by atoms with Crippen molar-refractivity contribution in [2.75, 3.05) is 20.3 Å². The molecule has 1 aromatic rings. The van der Waals surface area contributed by atoms with E-state index in [4.69, 9.17) is 9.47 Å². The van der Waals surface area contributed by atoms with Gasteiger partial charge in [-0.25, -0.2) is 4.39 Å². The first-order valence-electron chi connectivity index (χ1n) is 7.33. The van der Waals surface area contributed by atoms with Gasteiger partial charge in [-0.15, -0.1) is 0 Å². The number of ether oxygens (including phenoxy) is 2. The second-order valence-corrected chi connectivity index (χ2v) is 5.37. The van der Waals surface area contributed by atoms with Crippen molar-refractivity contribution in [3.8, 4) is 5.75 Å². The van der Waals surface area contributed by atoms with E-state index < -0.39 is 0 Å². The number of rotatable bonds is 6. The van der Waals surface area contributed by atoms with Crippen LogP contribution >= 0.6 is 0 Å². The molecule has 2 rings (SSSR count). The highest BCUT2D eigenvalue weighted by Gasteiger charge is 2.31. The lowest BCUT2D eigenvalue weighted by atomic mass is 9.89. The van der Waals surface area contributed by atoms with Gasteiger partial charge in [0.25, 0.3) is 0 Å². The maximum Gasteiger partial charge on any atom is 0.165 e. The molecule has 0 amide bonds. The van der Waals surface area contributed by atoms with Gasteiger partial charge in [-0.05, 0) is 44.0 Å². The second kappa shape index (κ2) is 7.04. The summed E-state index contributed by atoms with van der Waals surface area (Å²) in [5, 5.41) is 3.52. The maximum absolute atomic E-state index is 13.8. The van der Waals surface area contributed by atoms with E-state index in [1.54, 1.807) is 12.1 Å². The molecule has 4 heteroatoms. The lowest BCUT2D eigenvalue weighted by Gasteiger charge is -2.26. The van der Waals surface area contributed by atoms with E-state index in [2.05, 4.69) is 19.2 Å². The molecule has 3 atom stereocenters. The summed E-state index contributed by atoms with van der Waals surface area (Å²) in [6.07, 6.45) is 2.15. The molecular weight excluding hydrogens is 257 g/mol. The van der Waals surface area contributed by atoms with E-state index in [-0.39, 0.29) is 11.9 Å². The number of nitrogens with one attached hydrogen (secondary N) is 1. The molecule has 3 unspecified atom stereocenters. The molecular formula is C16H24FNO2. The quantitative estimate of drug-likeness (QED) is 0.869. The van der Waals surface area contributed by atoms with Crippen molar-refractivity contribution in [1.82, 2.24) is 5.32 Å². The van der Waals surface area contributed by atoms with Crippen molar-refractivity contribution < 1.29 is 13.9 Å². The van der Waals surface area contributed by atoms with E-state index in [1.165, 1.54) is 7.11 Å². The Balaban J connectivity index is 2.09. The topological polar surface area (TPSA) is 30.5 Å². The molecule has 0 radical (unpaired) electrons. The lowest BCUT2D eigenvalue weighted by Crippen LogP contribution is -2.40. The van der Waals surface area contributed by atoms with Crippen LogP contribution in [0, 0.1) is 11.7 Å². The van der Waals surface area contributed by atoms with Crippen LogP contribution in [0.25, 0.3) is 0 Å². The van der Waals surface area contributed by atoms with Crippen LogP contribution in [0.4, 0.5) is 4.39 Å². The fourth-order valence-electron chi connectivity index (χ4n) is 3.00. The van der Waals surface area contributed by atoms with Crippen LogP contribution in [0.2, 0.25) is 0 Å². The second-order valence-electron chi connectivity index (χ2n) is 5.37. The molecule has 1 heterocycles. The van der Waals surface area contributed by atoms with Gasteiger partial charge in [0.05, 0.1) is 13.2 Å². The van der Waals surface area contributed by atoms with Crippen molar-refractivity contribution >= 4 is 0 Å². The highest BCUT2D eigenvalue weighted by atomic mass is 19.1. The minimum atomic E-state index is -0.295. The summed E-state index contributed by atoms with van der Waals surface area (Å²) < 4.78 is 24.4. The third-order valence-corrected chi connectivity index (χ3v) is 4.09. The molecule has 1 fully saturated rings. The Labute approximate surface area is 120 Å². The lowest BCUT2D eigenvalue weighted by molar-refractivity contribution is 0.0956. The molecule has 0 aromatic heterocycles. The Morgan fingerprint density at radius 3 is 2.85 bits per heavy atom. The number of methoxy groups -OCH3 is 1. The van der Waals surface area contributed by atoms with Gasteiger partial charge in [-0.2, -0.15) is 0 Å².